The monoisotopic (exact) mass is 266 g/mol. The Bertz CT molecular complexity index is 387. The highest BCUT2D eigenvalue weighted by Crippen LogP contribution is 2.34. The first kappa shape index (κ1) is 12.6. The lowest BCUT2D eigenvalue weighted by Gasteiger charge is -2.34. The number of aliphatic hydroxyl groups excluding tert-OH is 1. The van der Waals surface area contributed by atoms with Crippen LogP contribution in [0.4, 0.5) is 18.3 Å². The summed E-state index contributed by atoms with van der Waals surface area (Å²) in [5.74, 6) is 0.355. The molecule has 17 heavy (non-hydrogen) atoms. The summed E-state index contributed by atoms with van der Waals surface area (Å²) >= 11 is 0.994. The van der Waals surface area contributed by atoms with Gasteiger partial charge in [0.1, 0.15) is 0 Å². The lowest BCUT2D eigenvalue weighted by Crippen LogP contribution is -2.37. The van der Waals surface area contributed by atoms with E-state index in [1.165, 1.54) is 0 Å². The van der Waals surface area contributed by atoms with Crippen molar-refractivity contribution in [2.45, 2.75) is 25.1 Å². The fourth-order valence-corrected chi connectivity index (χ4v) is 2.69. The van der Waals surface area contributed by atoms with E-state index in [0.717, 1.165) is 29.6 Å². The van der Waals surface area contributed by atoms with Gasteiger partial charge in [-0.25, -0.2) is 4.98 Å². The minimum absolute atomic E-state index is 0.240. The Kier molecular flexibility index (Phi) is 3.31. The molecule has 0 aliphatic heterocycles. The van der Waals surface area contributed by atoms with Gasteiger partial charge in [0.05, 0.1) is 6.10 Å². The molecule has 1 fully saturated rings. The van der Waals surface area contributed by atoms with E-state index in [9.17, 15) is 13.2 Å². The molecular formula is C10H13F3N2OS. The molecule has 1 heterocycles. The molecule has 0 amide bonds. The lowest BCUT2D eigenvalue weighted by atomic mass is 9.82. The highest BCUT2D eigenvalue weighted by Gasteiger charge is 2.34. The predicted molar refractivity (Wildman–Crippen MR) is 59.1 cm³/mol. The number of hydrogen-bond acceptors (Lipinski definition) is 4. The maximum Gasteiger partial charge on any atom is 0.434 e. The molecule has 3 nitrogen and oxygen atoms in total. The van der Waals surface area contributed by atoms with Gasteiger partial charge in [0.2, 0.25) is 0 Å². The number of anilines is 1. The minimum atomic E-state index is -4.37. The van der Waals surface area contributed by atoms with Crippen LogP contribution >= 0.6 is 11.3 Å². The average molecular weight is 266 g/mol. The number of aliphatic hydroxyl groups is 1. The number of rotatable bonds is 3. The van der Waals surface area contributed by atoms with Crippen molar-refractivity contribution in [2.24, 2.45) is 5.92 Å². The molecule has 1 aliphatic rings. The van der Waals surface area contributed by atoms with Crippen LogP contribution in [-0.4, -0.2) is 29.8 Å². The van der Waals surface area contributed by atoms with Gasteiger partial charge < -0.3 is 10.0 Å². The summed E-state index contributed by atoms with van der Waals surface area (Å²) in [6.45, 7) is 0.641. The first-order valence-electron chi connectivity index (χ1n) is 5.28. The molecule has 1 aromatic rings. The van der Waals surface area contributed by atoms with Crippen LogP contribution in [-0.2, 0) is 6.18 Å². The topological polar surface area (TPSA) is 36.4 Å². The fraction of sp³-hybridized carbons (Fsp3) is 0.700. The molecule has 0 spiro atoms. The molecular weight excluding hydrogens is 253 g/mol. The van der Waals surface area contributed by atoms with Gasteiger partial charge in [0, 0.05) is 19.0 Å². The van der Waals surface area contributed by atoms with Gasteiger partial charge in [-0.1, -0.05) is 0 Å². The molecule has 1 aliphatic carbocycles. The van der Waals surface area contributed by atoms with Gasteiger partial charge in [-0.05, 0) is 18.8 Å². The van der Waals surface area contributed by atoms with Crippen molar-refractivity contribution in [3.05, 3.63) is 11.1 Å². The Balaban J connectivity index is 1.95. The summed E-state index contributed by atoms with van der Waals surface area (Å²) in [6, 6.07) is 0. The van der Waals surface area contributed by atoms with Crippen LogP contribution in [0.3, 0.4) is 0 Å². The van der Waals surface area contributed by atoms with Crippen LogP contribution in [0.5, 0.6) is 0 Å². The van der Waals surface area contributed by atoms with Gasteiger partial charge in [-0.2, -0.15) is 13.2 Å². The van der Waals surface area contributed by atoms with Crippen molar-refractivity contribution in [2.75, 3.05) is 18.5 Å². The molecule has 2 rings (SSSR count). The third-order valence-corrected chi connectivity index (χ3v) is 3.81. The SMILES string of the molecule is CN(CC1CC(O)C1)c1nc(C(F)(F)F)cs1. The predicted octanol–water partition coefficient (Wildman–Crippen LogP) is 2.37. The summed E-state index contributed by atoms with van der Waals surface area (Å²) in [5.41, 5.74) is -0.835. The maximum absolute atomic E-state index is 12.3. The second-order valence-electron chi connectivity index (χ2n) is 4.38. The molecule has 1 N–H and O–H groups in total. The summed E-state index contributed by atoms with van der Waals surface area (Å²) < 4.78 is 37.0. The third kappa shape index (κ3) is 2.90. The number of nitrogens with zero attached hydrogens (tertiary/aromatic N) is 2. The molecule has 0 bridgehead atoms. The van der Waals surface area contributed by atoms with E-state index in [4.69, 9.17) is 5.11 Å². The number of aromatic nitrogens is 1. The van der Waals surface area contributed by atoms with E-state index >= 15 is 0 Å². The zero-order valence-electron chi connectivity index (χ0n) is 9.24. The molecule has 0 saturated heterocycles. The molecule has 96 valence electrons. The standard InChI is InChI=1S/C10H13F3N2OS/c1-15(4-6-2-7(16)3-6)9-14-8(5-17-9)10(11,12)13/h5-7,16H,2-4H2,1H3. The third-order valence-electron chi connectivity index (χ3n) is 2.85. The Labute approximate surface area is 101 Å². The van der Waals surface area contributed by atoms with Crippen LogP contribution < -0.4 is 4.90 Å². The van der Waals surface area contributed by atoms with Gasteiger partial charge >= 0.3 is 6.18 Å². The van der Waals surface area contributed by atoms with Crippen LogP contribution in [0.2, 0.25) is 0 Å². The molecule has 0 atom stereocenters. The van der Waals surface area contributed by atoms with Crippen LogP contribution in [0.15, 0.2) is 5.38 Å². The molecule has 1 aromatic heterocycles. The van der Waals surface area contributed by atoms with Gasteiger partial charge in [0.15, 0.2) is 10.8 Å². The Morgan fingerprint density at radius 1 is 1.53 bits per heavy atom. The molecule has 7 heteroatoms. The number of thiazole rings is 1. The van der Waals surface area contributed by atoms with E-state index in [0.29, 0.717) is 17.6 Å². The van der Waals surface area contributed by atoms with Crippen molar-refractivity contribution in [3.8, 4) is 0 Å². The van der Waals surface area contributed by atoms with Gasteiger partial charge in [0.25, 0.3) is 0 Å². The van der Waals surface area contributed by atoms with E-state index in [-0.39, 0.29) is 6.10 Å². The zero-order valence-corrected chi connectivity index (χ0v) is 10.1. The molecule has 0 radical (unpaired) electrons. The molecule has 0 unspecified atom stereocenters. The molecule has 0 aromatic carbocycles. The highest BCUT2D eigenvalue weighted by atomic mass is 32.1. The largest absolute Gasteiger partial charge is 0.434 e. The van der Waals surface area contributed by atoms with Crippen LogP contribution in [0.25, 0.3) is 0 Å². The molecule has 1 saturated carbocycles. The fourth-order valence-electron chi connectivity index (χ4n) is 1.88. The summed E-state index contributed by atoms with van der Waals surface area (Å²) in [5, 5.41) is 10.5. The first-order valence-corrected chi connectivity index (χ1v) is 6.16. The van der Waals surface area contributed by atoms with E-state index in [2.05, 4.69) is 4.98 Å². The first-order chi connectivity index (χ1) is 7.86. The van der Waals surface area contributed by atoms with Crippen molar-refractivity contribution in [1.29, 1.82) is 0 Å². The Morgan fingerprint density at radius 2 is 2.18 bits per heavy atom. The average Bonchev–Trinajstić information content (AvgIpc) is 2.63. The van der Waals surface area contributed by atoms with Crippen molar-refractivity contribution < 1.29 is 18.3 Å². The smallest absolute Gasteiger partial charge is 0.393 e. The van der Waals surface area contributed by atoms with Crippen molar-refractivity contribution in [3.63, 3.8) is 0 Å². The van der Waals surface area contributed by atoms with Gasteiger partial charge in [-0.15, -0.1) is 11.3 Å². The van der Waals surface area contributed by atoms with E-state index in [1.807, 2.05) is 0 Å². The summed E-state index contributed by atoms with van der Waals surface area (Å²) in [4.78, 5) is 5.29. The van der Waals surface area contributed by atoms with Crippen LogP contribution in [0, 0.1) is 5.92 Å². The maximum atomic E-state index is 12.3. The van der Waals surface area contributed by atoms with Crippen molar-refractivity contribution >= 4 is 16.5 Å². The summed E-state index contributed by atoms with van der Waals surface area (Å²) in [6.07, 6.45) is -3.17. The zero-order chi connectivity index (χ0) is 12.6. The minimum Gasteiger partial charge on any atom is -0.393 e. The normalized spacial score (nSPS) is 24.5. The number of hydrogen-bond donors (Lipinski definition) is 1. The highest BCUT2D eigenvalue weighted by molar-refractivity contribution is 7.13. The van der Waals surface area contributed by atoms with Gasteiger partial charge in [-0.3, -0.25) is 0 Å². The number of alkyl halides is 3. The van der Waals surface area contributed by atoms with Crippen molar-refractivity contribution in [1.82, 2.24) is 4.98 Å². The van der Waals surface area contributed by atoms with E-state index in [1.54, 1.807) is 11.9 Å². The second-order valence-corrected chi connectivity index (χ2v) is 5.22. The Morgan fingerprint density at radius 3 is 2.65 bits per heavy atom. The van der Waals surface area contributed by atoms with Crippen LogP contribution in [0.1, 0.15) is 18.5 Å². The van der Waals surface area contributed by atoms with E-state index < -0.39 is 11.9 Å². The Hall–Kier alpha value is -0.820. The second kappa shape index (κ2) is 4.45. The quantitative estimate of drug-likeness (QED) is 0.912. The summed E-state index contributed by atoms with van der Waals surface area (Å²) in [7, 11) is 1.73. The lowest BCUT2D eigenvalue weighted by molar-refractivity contribution is -0.140. The number of halogens is 3.